The van der Waals surface area contributed by atoms with Crippen LogP contribution in [-0.4, -0.2) is 43.0 Å². The smallest absolute Gasteiger partial charge is 0.257 e. The molecule has 0 saturated carbocycles. The Labute approximate surface area is 188 Å². The van der Waals surface area contributed by atoms with Gasteiger partial charge in [0.05, 0.1) is 10.4 Å². The Kier molecular flexibility index (Phi) is 6.00. The van der Waals surface area contributed by atoms with E-state index in [9.17, 15) is 8.42 Å². The van der Waals surface area contributed by atoms with Crippen molar-refractivity contribution in [1.29, 1.82) is 0 Å². The Bertz CT molecular complexity index is 1350. The minimum Gasteiger partial charge on any atom is -0.431 e. The molecule has 4 aromatic rings. The molecule has 10 heteroatoms. The zero-order chi connectivity index (χ0) is 21.5. The number of nitrogens with zero attached hydrogens (tertiary/aromatic N) is 3. The lowest BCUT2D eigenvalue weighted by Gasteiger charge is -2.10. The highest BCUT2D eigenvalue weighted by Crippen LogP contribution is 2.31. The number of hydrogen-bond acceptors (Lipinski definition) is 7. The van der Waals surface area contributed by atoms with Crippen LogP contribution in [0.25, 0.3) is 22.0 Å². The van der Waals surface area contributed by atoms with Crippen LogP contribution in [0.15, 0.2) is 61.9 Å². The molecule has 156 valence electrons. The number of rotatable bonds is 6. The Balaban J connectivity index is 1.58. The summed E-state index contributed by atoms with van der Waals surface area (Å²) >= 11 is 9.43. The van der Waals surface area contributed by atoms with Crippen LogP contribution in [0.4, 0.5) is 0 Å². The normalized spacial score (nSPS) is 12.3. The first kappa shape index (κ1) is 21.5. The fourth-order valence-electron chi connectivity index (χ4n) is 2.85. The van der Waals surface area contributed by atoms with Gasteiger partial charge in [0.15, 0.2) is 5.58 Å². The van der Waals surface area contributed by atoms with Gasteiger partial charge in [-0.05, 0) is 42.7 Å². The summed E-state index contributed by atoms with van der Waals surface area (Å²) < 4.78 is 31.6. The lowest BCUT2D eigenvalue weighted by atomic mass is 10.2. The molecule has 0 atom stereocenters. The molecular weight excluding hydrogens is 462 g/mol. The molecule has 0 radical (unpaired) electrons. The average Bonchev–Trinajstić information content (AvgIpc) is 3.13. The van der Waals surface area contributed by atoms with Crippen LogP contribution >= 0.6 is 35.1 Å². The van der Waals surface area contributed by atoms with E-state index in [1.807, 2.05) is 24.5 Å². The lowest BCUT2D eigenvalue weighted by Crippen LogP contribution is -2.22. The van der Waals surface area contributed by atoms with Gasteiger partial charge in [-0.25, -0.2) is 22.7 Å². The second kappa shape index (κ2) is 8.39. The second-order valence-corrected chi connectivity index (χ2v) is 11.0. The quantitative estimate of drug-likeness (QED) is 0.274. The van der Waals surface area contributed by atoms with Gasteiger partial charge in [0.25, 0.3) is 5.22 Å². The van der Waals surface area contributed by atoms with Crippen LogP contribution in [-0.2, 0) is 15.8 Å². The van der Waals surface area contributed by atoms with E-state index in [1.165, 1.54) is 42.3 Å². The summed E-state index contributed by atoms with van der Waals surface area (Å²) in [7, 11) is -0.542. The molecule has 0 aliphatic rings. The van der Waals surface area contributed by atoms with Crippen LogP contribution in [0.3, 0.4) is 0 Å². The summed E-state index contributed by atoms with van der Waals surface area (Å²) in [6.45, 7) is 0. The maximum absolute atomic E-state index is 12.3. The molecule has 30 heavy (non-hydrogen) atoms. The van der Waals surface area contributed by atoms with E-state index >= 15 is 0 Å². The van der Waals surface area contributed by atoms with Crippen molar-refractivity contribution in [3.05, 3.63) is 53.2 Å². The summed E-state index contributed by atoms with van der Waals surface area (Å²) in [6, 6.07) is 12.8. The minimum atomic E-state index is -3.53. The Morgan fingerprint density at radius 1 is 1.07 bits per heavy atom. The van der Waals surface area contributed by atoms with Crippen LogP contribution in [0, 0.1) is 0 Å². The topological polar surface area (TPSA) is 76.3 Å². The van der Waals surface area contributed by atoms with Gasteiger partial charge < -0.3 is 4.42 Å². The first-order chi connectivity index (χ1) is 14.3. The largest absolute Gasteiger partial charge is 0.431 e. The van der Waals surface area contributed by atoms with Crippen molar-refractivity contribution in [2.24, 2.45) is 0 Å². The number of benzene rings is 2. The van der Waals surface area contributed by atoms with E-state index < -0.39 is 10.0 Å². The number of hydrogen-bond donors (Lipinski definition) is 0. The van der Waals surface area contributed by atoms with Crippen LogP contribution < -0.4 is 0 Å². The molecule has 0 unspecified atom stereocenters. The van der Waals surface area contributed by atoms with Crippen LogP contribution in [0.1, 0.15) is 5.56 Å². The molecular formula is C20H18ClN3O3S3. The number of fused-ring (bicyclic) bond motifs is 2. The van der Waals surface area contributed by atoms with Gasteiger partial charge in [-0.15, -0.1) is 11.8 Å². The average molecular weight is 480 g/mol. The number of oxazole rings is 1. The van der Waals surface area contributed by atoms with E-state index in [1.54, 1.807) is 17.8 Å². The summed E-state index contributed by atoms with van der Waals surface area (Å²) in [4.78, 5) is 10.2. The predicted molar refractivity (Wildman–Crippen MR) is 123 cm³/mol. The fourth-order valence-corrected chi connectivity index (χ4v) is 5.31. The highest BCUT2D eigenvalue weighted by Gasteiger charge is 2.19. The maximum Gasteiger partial charge on any atom is 0.257 e. The van der Waals surface area contributed by atoms with Crippen molar-refractivity contribution in [3.8, 4) is 0 Å². The summed E-state index contributed by atoms with van der Waals surface area (Å²) in [5.41, 5.74) is 2.76. The van der Waals surface area contributed by atoms with Crippen molar-refractivity contribution < 1.29 is 12.8 Å². The molecule has 0 aliphatic heterocycles. The first-order valence-electron chi connectivity index (χ1n) is 8.87. The molecule has 0 spiro atoms. The summed E-state index contributed by atoms with van der Waals surface area (Å²) in [6.07, 6.45) is 2.02. The molecule has 2 aromatic heterocycles. The second-order valence-electron chi connectivity index (χ2n) is 6.68. The van der Waals surface area contributed by atoms with E-state index in [-0.39, 0.29) is 4.90 Å². The fraction of sp³-hybridized carbons (Fsp3) is 0.200. The number of pyridine rings is 1. The third-order valence-corrected chi connectivity index (χ3v) is 8.26. The molecule has 0 N–H and O–H groups in total. The lowest BCUT2D eigenvalue weighted by molar-refractivity contribution is 0.489. The summed E-state index contributed by atoms with van der Waals surface area (Å²) in [5.74, 6) is 0.529. The van der Waals surface area contributed by atoms with Gasteiger partial charge in [0.2, 0.25) is 10.0 Å². The van der Waals surface area contributed by atoms with Crippen molar-refractivity contribution in [3.63, 3.8) is 0 Å². The van der Waals surface area contributed by atoms with Crippen LogP contribution in [0.5, 0.6) is 0 Å². The zero-order valence-corrected chi connectivity index (χ0v) is 19.6. The van der Waals surface area contributed by atoms with Crippen molar-refractivity contribution >= 4 is 67.2 Å². The molecule has 0 saturated heterocycles. The van der Waals surface area contributed by atoms with Gasteiger partial charge >= 0.3 is 0 Å². The van der Waals surface area contributed by atoms with Gasteiger partial charge in [-0.3, -0.25) is 0 Å². The van der Waals surface area contributed by atoms with E-state index in [0.717, 1.165) is 21.4 Å². The molecule has 0 bridgehead atoms. The molecule has 2 heterocycles. The van der Waals surface area contributed by atoms with E-state index in [2.05, 4.69) is 16.0 Å². The van der Waals surface area contributed by atoms with E-state index in [0.29, 0.717) is 27.2 Å². The third kappa shape index (κ3) is 4.17. The molecule has 0 amide bonds. The molecule has 0 fully saturated rings. The monoisotopic (exact) mass is 479 g/mol. The Hall–Kier alpha value is -1.78. The molecule has 4 rings (SSSR count). The van der Waals surface area contributed by atoms with Crippen molar-refractivity contribution in [2.75, 3.05) is 20.4 Å². The van der Waals surface area contributed by atoms with Gasteiger partial charge in [-0.1, -0.05) is 29.4 Å². The van der Waals surface area contributed by atoms with Gasteiger partial charge in [0.1, 0.15) is 10.7 Å². The van der Waals surface area contributed by atoms with Gasteiger partial charge in [-0.2, -0.15) is 0 Å². The molecule has 0 aliphatic carbocycles. The zero-order valence-electron chi connectivity index (χ0n) is 16.4. The van der Waals surface area contributed by atoms with Crippen molar-refractivity contribution in [2.45, 2.75) is 20.8 Å². The molecule has 6 nitrogen and oxygen atoms in total. The molecule has 2 aromatic carbocycles. The Morgan fingerprint density at radius 2 is 1.87 bits per heavy atom. The number of sulfonamides is 1. The predicted octanol–water partition coefficient (Wildman–Crippen LogP) is 5.29. The highest BCUT2D eigenvalue weighted by molar-refractivity contribution is 7.98. The maximum atomic E-state index is 12.3. The van der Waals surface area contributed by atoms with Gasteiger partial charge in [0, 0.05) is 35.7 Å². The number of thioether (sulfide) groups is 2. The first-order valence-corrected chi connectivity index (χ1v) is 12.9. The van der Waals surface area contributed by atoms with Crippen LogP contribution in [0.2, 0.25) is 5.15 Å². The Morgan fingerprint density at radius 3 is 2.60 bits per heavy atom. The number of halogens is 1. The third-order valence-electron chi connectivity index (χ3n) is 4.52. The van der Waals surface area contributed by atoms with E-state index in [4.69, 9.17) is 16.0 Å². The van der Waals surface area contributed by atoms with Crippen molar-refractivity contribution in [1.82, 2.24) is 14.3 Å². The highest BCUT2D eigenvalue weighted by atomic mass is 35.5. The standard InChI is InChI=1S/C20H18ClN3O3S3/c1-24(2)30(25,26)15-6-7-18-17(10-15)23-20(27-18)29-11-13-8-12-4-5-14(28-3)9-16(12)22-19(13)21/h4-10H,11H2,1-3H3. The summed E-state index contributed by atoms with van der Waals surface area (Å²) in [5, 5.41) is 1.91. The number of aromatic nitrogens is 2. The SMILES string of the molecule is CSc1ccc2cc(CSc3nc4cc(S(=O)(=O)N(C)C)ccc4o3)c(Cl)nc2c1. The minimum absolute atomic E-state index is 0.177.